The van der Waals surface area contributed by atoms with Crippen molar-refractivity contribution in [2.45, 2.75) is 51.0 Å². The van der Waals surface area contributed by atoms with Crippen molar-refractivity contribution >= 4 is 5.91 Å². The Balaban J connectivity index is 1.49. The topological polar surface area (TPSA) is 64.5 Å². The fraction of sp³-hybridized carbons (Fsp3) is 0.414. The van der Waals surface area contributed by atoms with Gasteiger partial charge in [-0.1, -0.05) is 41.5 Å². The summed E-state index contributed by atoms with van der Waals surface area (Å²) < 4.78 is 11.1. The van der Waals surface area contributed by atoms with Crippen molar-refractivity contribution in [1.82, 2.24) is 14.9 Å². The third kappa shape index (κ3) is 4.55. The van der Waals surface area contributed by atoms with E-state index in [4.69, 9.17) is 14.5 Å². The van der Waals surface area contributed by atoms with Crippen molar-refractivity contribution in [2.75, 3.05) is 26.9 Å². The number of aryl methyl sites for hydroxylation is 2. The summed E-state index contributed by atoms with van der Waals surface area (Å²) in [6.45, 7) is 6.16. The quantitative estimate of drug-likeness (QED) is 0.513. The van der Waals surface area contributed by atoms with E-state index in [1.54, 1.807) is 13.3 Å². The van der Waals surface area contributed by atoms with E-state index in [2.05, 4.69) is 41.9 Å². The number of ether oxygens (including phenoxy) is 2. The van der Waals surface area contributed by atoms with Gasteiger partial charge in [-0.25, -0.2) is 9.97 Å². The Labute approximate surface area is 207 Å². The Kier molecular flexibility index (Phi) is 6.56. The Bertz CT molecular complexity index is 1200. The SMILES string of the molecule is COc1cccc(-c2nccc(C3CCCN3C(=O)C3(c4cc(C)cc(C)c4)CCOCC3)n2)c1. The van der Waals surface area contributed by atoms with Crippen LogP contribution in [0.25, 0.3) is 11.4 Å². The van der Waals surface area contributed by atoms with Crippen LogP contribution in [-0.2, 0) is 14.9 Å². The number of likely N-dealkylation sites (tertiary alicyclic amines) is 1. The van der Waals surface area contributed by atoms with Crippen LogP contribution in [-0.4, -0.2) is 47.6 Å². The van der Waals surface area contributed by atoms with E-state index in [0.29, 0.717) is 31.9 Å². The zero-order valence-corrected chi connectivity index (χ0v) is 20.8. The molecule has 2 saturated heterocycles. The first kappa shape index (κ1) is 23.5. The Hall–Kier alpha value is -3.25. The number of hydrogen-bond acceptors (Lipinski definition) is 5. The van der Waals surface area contributed by atoms with E-state index in [0.717, 1.165) is 42.0 Å². The molecule has 0 N–H and O–H groups in total. The average Bonchev–Trinajstić information content (AvgIpc) is 3.38. The molecule has 1 unspecified atom stereocenters. The molecular weight excluding hydrogens is 438 g/mol. The second-order valence-electron chi connectivity index (χ2n) is 9.76. The molecule has 35 heavy (non-hydrogen) atoms. The zero-order valence-electron chi connectivity index (χ0n) is 20.8. The molecule has 3 heterocycles. The van der Waals surface area contributed by atoms with Gasteiger partial charge in [0, 0.05) is 31.5 Å². The number of amides is 1. The van der Waals surface area contributed by atoms with Crippen LogP contribution in [0.5, 0.6) is 5.75 Å². The van der Waals surface area contributed by atoms with Crippen LogP contribution in [0, 0.1) is 13.8 Å². The molecule has 3 aromatic rings. The molecule has 182 valence electrons. The van der Waals surface area contributed by atoms with Gasteiger partial charge in [0.2, 0.25) is 5.91 Å². The minimum absolute atomic E-state index is 0.0551. The minimum Gasteiger partial charge on any atom is -0.497 e. The van der Waals surface area contributed by atoms with Gasteiger partial charge in [-0.2, -0.15) is 0 Å². The van der Waals surface area contributed by atoms with Crippen LogP contribution in [0.1, 0.15) is 54.1 Å². The molecule has 1 amide bonds. The van der Waals surface area contributed by atoms with E-state index in [1.165, 1.54) is 11.1 Å². The first-order valence-corrected chi connectivity index (χ1v) is 12.5. The third-order valence-electron chi connectivity index (χ3n) is 7.39. The second kappa shape index (κ2) is 9.78. The highest BCUT2D eigenvalue weighted by Crippen LogP contribution is 2.42. The molecule has 5 rings (SSSR count). The van der Waals surface area contributed by atoms with Crippen molar-refractivity contribution in [3.05, 3.63) is 77.1 Å². The summed E-state index contributed by atoms with van der Waals surface area (Å²) in [7, 11) is 1.65. The largest absolute Gasteiger partial charge is 0.497 e. The van der Waals surface area contributed by atoms with Gasteiger partial charge in [-0.05, 0) is 63.3 Å². The number of benzene rings is 2. The molecule has 2 aromatic carbocycles. The van der Waals surface area contributed by atoms with Gasteiger partial charge >= 0.3 is 0 Å². The molecule has 2 aliphatic heterocycles. The van der Waals surface area contributed by atoms with Gasteiger partial charge in [-0.15, -0.1) is 0 Å². The number of aromatic nitrogens is 2. The van der Waals surface area contributed by atoms with Gasteiger partial charge in [-0.3, -0.25) is 4.79 Å². The lowest BCUT2D eigenvalue weighted by Gasteiger charge is -2.41. The summed E-state index contributed by atoms with van der Waals surface area (Å²) in [5.41, 5.74) is 4.74. The highest BCUT2D eigenvalue weighted by Gasteiger charge is 2.47. The van der Waals surface area contributed by atoms with Crippen LogP contribution in [0.15, 0.2) is 54.7 Å². The van der Waals surface area contributed by atoms with Gasteiger partial charge in [0.1, 0.15) is 5.75 Å². The molecular formula is C29H33N3O3. The predicted molar refractivity (Wildman–Crippen MR) is 135 cm³/mol. The molecule has 2 aliphatic rings. The van der Waals surface area contributed by atoms with Gasteiger partial charge in [0.05, 0.1) is 24.3 Å². The molecule has 0 saturated carbocycles. The first-order chi connectivity index (χ1) is 17.0. The van der Waals surface area contributed by atoms with E-state index in [1.807, 2.05) is 30.3 Å². The van der Waals surface area contributed by atoms with E-state index >= 15 is 0 Å². The Morgan fingerprint density at radius 1 is 1.09 bits per heavy atom. The highest BCUT2D eigenvalue weighted by atomic mass is 16.5. The minimum atomic E-state index is -0.555. The monoisotopic (exact) mass is 471 g/mol. The van der Waals surface area contributed by atoms with Crippen molar-refractivity contribution in [2.24, 2.45) is 0 Å². The molecule has 0 radical (unpaired) electrons. The van der Waals surface area contributed by atoms with Crippen molar-refractivity contribution in [3.8, 4) is 17.1 Å². The predicted octanol–water partition coefficient (Wildman–Crippen LogP) is 5.18. The Morgan fingerprint density at radius 2 is 1.86 bits per heavy atom. The van der Waals surface area contributed by atoms with Crippen LogP contribution >= 0.6 is 0 Å². The summed E-state index contributed by atoms with van der Waals surface area (Å²) in [5, 5.41) is 0. The lowest BCUT2D eigenvalue weighted by molar-refractivity contribution is -0.142. The molecule has 1 aromatic heterocycles. The second-order valence-corrected chi connectivity index (χ2v) is 9.76. The molecule has 0 bridgehead atoms. The van der Waals surface area contributed by atoms with Crippen LogP contribution < -0.4 is 4.74 Å². The molecule has 0 aliphatic carbocycles. The van der Waals surface area contributed by atoms with Crippen LogP contribution in [0.3, 0.4) is 0 Å². The van der Waals surface area contributed by atoms with Crippen molar-refractivity contribution < 1.29 is 14.3 Å². The molecule has 6 heteroatoms. The molecule has 1 atom stereocenters. The Morgan fingerprint density at radius 3 is 2.60 bits per heavy atom. The number of nitrogens with zero attached hydrogens (tertiary/aromatic N) is 3. The fourth-order valence-electron chi connectivity index (χ4n) is 5.65. The van der Waals surface area contributed by atoms with Crippen molar-refractivity contribution in [1.29, 1.82) is 0 Å². The number of methoxy groups -OCH3 is 1. The lowest BCUT2D eigenvalue weighted by Crippen LogP contribution is -2.49. The van der Waals surface area contributed by atoms with Crippen LogP contribution in [0.2, 0.25) is 0 Å². The smallest absolute Gasteiger partial charge is 0.233 e. The summed E-state index contributed by atoms with van der Waals surface area (Å²) in [4.78, 5) is 25.9. The standard InChI is InChI=1S/C29H33N3O3/c1-20-16-21(2)18-23(17-20)29(10-14-35-15-11-29)28(33)32-13-5-8-26(32)25-9-12-30-27(31-25)22-6-4-7-24(19-22)34-3/h4,6-7,9,12,16-19,26H,5,8,10-11,13-15H2,1-3H3. The summed E-state index contributed by atoms with van der Waals surface area (Å²) in [6, 6.07) is 16.2. The highest BCUT2D eigenvalue weighted by molar-refractivity contribution is 5.89. The third-order valence-corrected chi connectivity index (χ3v) is 7.39. The molecule has 6 nitrogen and oxygen atoms in total. The van der Waals surface area contributed by atoms with Gasteiger partial charge in [0.15, 0.2) is 5.82 Å². The number of carbonyl (C=O) groups excluding carboxylic acids is 1. The van der Waals surface area contributed by atoms with E-state index < -0.39 is 5.41 Å². The summed E-state index contributed by atoms with van der Waals surface area (Å²) in [6.07, 6.45) is 5.08. The van der Waals surface area contributed by atoms with Gasteiger partial charge in [0.25, 0.3) is 0 Å². The number of carbonyl (C=O) groups is 1. The maximum Gasteiger partial charge on any atom is 0.233 e. The summed E-state index contributed by atoms with van der Waals surface area (Å²) in [5.74, 6) is 1.62. The molecule has 0 spiro atoms. The molecule has 2 fully saturated rings. The summed E-state index contributed by atoms with van der Waals surface area (Å²) >= 11 is 0. The number of rotatable bonds is 5. The van der Waals surface area contributed by atoms with Crippen molar-refractivity contribution in [3.63, 3.8) is 0 Å². The van der Waals surface area contributed by atoms with E-state index in [-0.39, 0.29) is 11.9 Å². The average molecular weight is 472 g/mol. The van der Waals surface area contributed by atoms with Crippen LogP contribution in [0.4, 0.5) is 0 Å². The first-order valence-electron chi connectivity index (χ1n) is 12.5. The maximum absolute atomic E-state index is 14.4. The van der Waals surface area contributed by atoms with Gasteiger partial charge < -0.3 is 14.4 Å². The van der Waals surface area contributed by atoms with E-state index in [9.17, 15) is 4.79 Å². The lowest BCUT2D eigenvalue weighted by atomic mass is 9.72. The number of hydrogen-bond donors (Lipinski definition) is 0. The normalized spacial score (nSPS) is 19.5. The fourth-order valence-corrected chi connectivity index (χ4v) is 5.65. The maximum atomic E-state index is 14.4. The zero-order chi connectivity index (χ0) is 24.4.